The van der Waals surface area contributed by atoms with Gasteiger partial charge in [-0.15, -0.1) is 0 Å². The number of carbonyl (C=O) groups excluding carboxylic acids is 1. The molecule has 19 heavy (non-hydrogen) atoms. The molecule has 5 heteroatoms. The molecule has 1 aliphatic heterocycles. The summed E-state index contributed by atoms with van der Waals surface area (Å²) in [5, 5.41) is 9.34. The van der Waals surface area contributed by atoms with Crippen molar-refractivity contribution in [3.8, 4) is 0 Å². The average molecular weight is 267 g/mol. The molecule has 0 radical (unpaired) electrons. The highest BCUT2D eigenvalue weighted by molar-refractivity contribution is 5.85. The first-order valence-electron chi connectivity index (χ1n) is 6.75. The second kappa shape index (κ2) is 5.74. The van der Waals surface area contributed by atoms with Crippen molar-refractivity contribution in [2.45, 2.75) is 26.7 Å². The van der Waals surface area contributed by atoms with Crippen LogP contribution >= 0.6 is 0 Å². The van der Waals surface area contributed by atoms with Crippen LogP contribution in [-0.2, 0) is 14.3 Å². The zero-order chi connectivity index (χ0) is 14.0. The van der Waals surface area contributed by atoms with Crippen LogP contribution in [0.15, 0.2) is 11.1 Å². The molecule has 0 unspecified atom stereocenters. The summed E-state index contributed by atoms with van der Waals surface area (Å²) in [5.74, 6) is -1.89. The van der Waals surface area contributed by atoms with Gasteiger partial charge in [-0.25, -0.2) is 0 Å². The summed E-state index contributed by atoms with van der Waals surface area (Å²) in [6.07, 6.45) is 1.06. The molecule has 106 valence electrons. The zero-order valence-corrected chi connectivity index (χ0v) is 11.5. The van der Waals surface area contributed by atoms with Gasteiger partial charge in [0.1, 0.15) is 0 Å². The molecule has 1 fully saturated rings. The number of morpholine rings is 1. The van der Waals surface area contributed by atoms with Gasteiger partial charge in [0, 0.05) is 13.1 Å². The van der Waals surface area contributed by atoms with Crippen LogP contribution in [0.3, 0.4) is 0 Å². The van der Waals surface area contributed by atoms with Crippen LogP contribution in [0.5, 0.6) is 0 Å². The molecule has 1 heterocycles. The van der Waals surface area contributed by atoms with Gasteiger partial charge in [-0.3, -0.25) is 9.59 Å². The first-order chi connectivity index (χ1) is 9.00. The summed E-state index contributed by atoms with van der Waals surface area (Å²) < 4.78 is 5.23. The molecular weight excluding hydrogens is 246 g/mol. The number of carboxylic acid groups (broad SMARTS) is 1. The molecule has 1 amide bonds. The van der Waals surface area contributed by atoms with E-state index >= 15 is 0 Å². The number of carboxylic acids is 1. The number of amides is 1. The van der Waals surface area contributed by atoms with Gasteiger partial charge in [0.05, 0.1) is 25.0 Å². The van der Waals surface area contributed by atoms with Gasteiger partial charge in [-0.2, -0.15) is 0 Å². The highest BCUT2D eigenvalue weighted by Gasteiger charge is 2.39. The molecule has 1 aliphatic carbocycles. The normalized spacial score (nSPS) is 28.4. The maximum absolute atomic E-state index is 12.5. The Labute approximate surface area is 113 Å². The fourth-order valence-corrected chi connectivity index (χ4v) is 2.83. The average Bonchev–Trinajstić information content (AvgIpc) is 2.41. The lowest BCUT2D eigenvalue weighted by Crippen LogP contribution is -2.47. The van der Waals surface area contributed by atoms with E-state index in [0.29, 0.717) is 39.1 Å². The summed E-state index contributed by atoms with van der Waals surface area (Å²) >= 11 is 0. The van der Waals surface area contributed by atoms with Gasteiger partial charge in [0.2, 0.25) is 5.91 Å². The molecule has 0 aromatic heterocycles. The molecule has 0 bridgehead atoms. The zero-order valence-electron chi connectivity index (χ0n) is 11.5. The van der Waals surface area contributed by atoms with Crippen LogP contribution in [0.1, 0.15) is 26.7 Å². The first kappa shape index (κ1) is 14.1. The van der Waals surface area contributed by atoms with E-state index in [-0.39, 0.29) is 5.91 Å². The van der Waals surface area contributed by atoms with Crippen molar-refractivity contribution >= 4 is 11.9 Å². The topological polar surface area (TPSA) is 66.8 Å². The van der Waals surface area contributed by atoms with Crippen molar-refractivity contribution in [3.05, 3.63) is 11.1 Å². The first-order valence-corrected chi connectivity index (χ1v) is 6.75. The Morgan fingerprint density at radius 1 is 1.11 bits per heavy atom. The molecule has 1 saturated heterocycles. The largest absolute Gasteiger partial charge is 0.481 e. The Balaban J connectivity index is 2.15. The second-order valence-corrected chi connectivity index (χ2v) is 5.46. The van der Waals surface area contributed by atoms with Gasteiger partial charge in [-0.1, -0.05) is 11.1 Å². The Morgan fingerprint density at radius 3 is 2.16 bits per heavy atom. The van der Waals surface area contributed by atoms with Crippen LogP contribution in [-0.4, -0.2) is 48.2 Å². The maximum Gasteiger partial charge on any atom is 0.307 e. The quantitative estimate of drug-likeness (QED) is 0.766. The van der Waals surface area contributed by atoms with Crippen molar-refractivity contribution < 1.29 is 19.4 Å². The Kier molecular flexibility index (Phi) is 4.24. The van der Waals surface area contributed by atoms with Crippen molar-refractivity contribution in [2.24, 2.45) is 11.8 Å². The van der Waals surface area contributed by atoms with Crippen LogP contribution in [0.2, 0.25) is 0 Å². The highest BCUT2D eigenvalue weighted by Crippen LogP contribution is 2.35. The van der Waals surface area contributed by atoms with Gasteiger partial charge < -0.3 is 14.7 Å². The van der Waals surface area contributed by atoms with Crippen molar-refractivity contribution in [1.29, 1.82) is 0 Å². The molecule has 2 aliphatic rings. The number of ether oxygens (including phenoxy) is 1. The smallest absolute Gasteiger partial charge is 0.307 e. The van der Waals surface area contributed by atoms with E-state index in [0.717, 1.165) is 11.1 Å². The summed E-state index contributed by atoms with van der Waals surface area (Å²) in [5.41, 5.74) is 2.27. The van der Waals surface area contributed by atoms with E-state index in [1.165, 1.54) is 0 Å². The van der Waals surface area contributed by atoms with Crippen molar-refractivity contribution in [1.82, 2.24) is 4.90 Å². The predicted octanol–water partition coefficient (Wildman–Crippen LogP) is 1.29. The van der Waals surface area contributed by atoms with E-state index in [1.807, 2.05) is 13.8 Å². The Bertz CT molecular complexity index is 410. The van der Waals surface area contributed by atoms with Crippen LogP contribution in [0, 0.1) is 11.8 Å². The van der Waals surface area contributed by atoms with E-state index in [1.54, 1.807) is 4.90 Å². The minimum atomic E-state index is -0.863. The standard InChI is InChI=1S/C14H21NO4/c1-9-7-11(12(14(17)18)8-10(9)2)13(16)15-3-5-19-6-4-15/h11-12H,3-8H2,1-2H3,(H,17,18)/t11-,12+/m1/s1. The van der Waals surface area contributed by atoms with Crippen LogP contribution in [0.25, 0.3) is 0 Å². The minimum Gasteiger partial charge on any atom is -0.481 e. The minimum absolute atomic E-state index is 0.0254. The number of rotatable bonds is 2. The van der Waals surface area contributed by atoms with Crippen molar-refractivity contribution in [2.75, 3.05) is 26.3 Å². The Morgan fingerprint density at radius 2 is 1.63 bits per heavy atom. The monoisotopic (exact) mass is 267 g/mol. The summed E-state index contributed by atoms with van der Waals surface area (Å²) in [4.78, 5) is 25.6. The van der Waals surface area contributed by atoms with Crippen molar-refractivity contribution in [3.63, 3.8) is 0 Å². The third-order valence-corrected chi connectivity index (χ3v) is 4.22. The predicted molar refractivity (Wildman–Crippen MR) is 69.6 cm³/mol. The number of allylic oxidation sites excluding steroid dienone is 2. The van der Waals surface area contributed by atoms with Gasteiger partial charge >= 0.3 is 5.97 Å². The molecule has 2 atom stereocenters. The Hall–Kier alpha value is -1.36. The van der Waals surface area contributed by atoms with E-state index in [9.17, 15) is 14.7 Å². The summed E-state index contributed by atoms with van der Waals surface area (Å²) in [7, 11) is 0. The molecule has 1 N–H and O–H groups in total. The molecule has 2 rings (SSSR count). The highest BCUT2D eigenvalue weighted by atomic mass is 16.5. The van der Waals surface area contributed by atoms with Gasteiger partial charge in [0.15, 0.2) is 0 Å². The van der Waals surface area contributed by atoms with E-state index < -0.39 is 17.8 Å². The van der Waals surface area contributed by atoms with Crippen LogP contribution < -0.4 is 0 Å². The van der Waals surface area contributed by atoms with Crippen LogP contribution in [0.4, 0.5) is 0 Å². The maximum atomic E-state index is 12.5. The number of hydrogen-bond acceptors (Lipinski definition) is 3. The fraction of sp³-hybridized carbons (Fsp3) is 0.714. The third kappa shape index (κ3) is 2.97. The van der Waals surface area contributed by atoms with Gasteiger partial charge in [0.25, 0.3) is 0 Å². The van der Waals surface area contributed by atoms with Gasteiger partial charge in [-0.05, 0) is 26.7 Å². The van der Waals surface area contributed by atoms with E-state index in [2.05, 4.69) is 0 Å². The number of aliphatic carboxylic acids is 1. The lowest BCUT2D eigenvalue weighted by atomic mass is 9.76. The number of nitrogens with zero attached hydrogens (tertiary/aromatic N) is 1. The summed E-state index contributed by atoms with van der Waals surface area (Å²) in [6, 6.07) is 0. The number of hydrogen-bond donors (Lipinski definition) is 1. The molecule has 0 aromatic rings. The molecule has 0 saturated carbocycles. The molecule has 0 aromatic carbocycles. The lowest BCUT2D eigenvalue weighted by molar-refractivity contribution is -0.152. The molecule has 5 nitrogen and oxygen atoms in total. The van der Waals surface area contributed by atoms with E-state index in [4.69, 9.17) is 4.74 Å². The fourth-order valence-electron chi connectivity index (χ4n) is 2.83. The molecular formula is C14H21NO4. The summed E-state index contributed by atoms with van der Waals surface area (Å²) in [6.45, 7) is 6.19. The lowest BCUT2D eigenvalue weighted by Gasteiger charge is -2.35. The number of carbonyl (C=O) groups is 2. The SMILES string of the molecule is CC1=C(C)C[C@@H](C(=O)N2CCOCC2)[C@@H](C(=O)O)C1. The molecule has 0 spiro atoms. The second-order valence-electron chi connectivity index (χ2n) is 5.46. The third-order valence-electron chi connectivity index (χ3n) is 4.22.